The number of nitrogens with one attached hydrogen (secondary N) is 1. The van der Waals surface area contributed by atoms with Crippen LogP contribution in [0.3, 0.4) is 0 Å². The number of hydrogen-bond donors (Lipinski definition) is 2. The van der Waals surface area contributed by atoms with E-state index in [0.29, 0.717) is 49.3 Å². The van der Waals surface area contributed by atoms with Crippen LogP contribution in [-0.4, -0.2) is 95.5 Å². The molecule has 0 radical (unpaired) electrons. The van der Waals surface area contributed by atoms with Gasteiger partial charge >= 0.3 is 6.16 Å². The lowest BCUT2D eigenvalue weighted by Crippen LogP contribution is -2.70. The second-order valence-corrected chi connectivity index (χ2v) is 19.9. The standard InChI is InChI=1S/C42H69N5O6/c1-25(2)27(5)37(6)18-19-39(8)28-14-15-31-38(7)21-51-23-42(31,29(28)16-17-40(39,9)35(37)53-36(49)50)20-30(32(38)52-22-41(10,43-11)26(3)4)47-33(44-24-45-47)34(48)46(12)13/h16,24-28,30-32,35,43H,14-15,17-23H2,1-13H3,(H,49,50)/t27-,28+,30-,31+,32+,35-,37-,38-,39-,40-,41+,42+/m1/s1. The fourth-order valence-corrected chi connectivity index (χ4v) is 12.5. The Morgan fingerprint density at radius 3 is 2.40 bits per heavy atom. The number of likely N-dealkylation sites (N-methyl/N-ethyl adjacent to an activating group) is 1. The summed E-state index contributed by atoms with van der Waals surface area (Å²) in [6.07, 6.45) is 7.55. The molecule has 1 aromatic rings. The largest absolute Gasteiger partial charge is 0.506 e. The molecule has 12 atom stereocenters. The van der Waals surface area contributed by atoms with Gasteiger partial charge in [0.1, 0.15) is 12.4 Å². The van der Waals surface area contributed by atoms with Crippen LogP contribution in [0.1, 0.15) is 124 Å². The van der Waals surface area contributed by atoms with Crippen LogP contribution < -0.4 is 5.32 Å². The number of rotatable bonds is 10. The quantitative estimate of drug-likeness (QED) is 0.185. The molecule has 5 aliphatic rings. The molecule has 2 N–H and O–H groups in total. The van der Waals surface area contributed by atoms with E-state index in [2.05, 4.69) is 85.6 Å². The summed E-state index contributed by atoms with van der Waals surface area (Å²) in [4.78, 5) is 32.2. The van der Waals surface area contributed by atoms with Crippen molar-refractivity contribution < 1.29 is 28.9 Å². The first-order valence-electron chi connectivity index (χ1n) is 20.3. The van der Waals surface area contributed by atoms with Gasteiger partial charge in [0.05, 0.1) is 32.0 Å². The van der Waals surface area contributed by atoms with E-state index in [4.69, 9.17) is 19.3 Å². The van der Waals surface area contributed by atoms with Crippen molar-refractivity contribution in [2.75, 3.05) is 41.0 Å². The SMILES string of the molecule is CN[C@@](C)(CO[C@H]1[C@H](n2ncnc2C(=O)N(C)C)C[C@@]23COC[C@]1(C)[C@@H]2CC[C@H]1C3=CC[C@]2(C)[C@H](OC(=O)O)[C@@](C)([C@H](C)C(C)C)CC[C@]12C)C(C)C. The highest BCUT2D eigenvalue weighted by atomic mass is 16.7. The number of amides is 1. The summed E-state index contributed by atoms with van der Waals surface area (Å²) in [7, 11) is 5.51. The first kappa shape index (κ1) is 40.2. The van der Waals surface area contributed by atoms with Crippen LogP contribution in [0.5, 0.6) is 0 Å². The molecule has 298 valence electrons. The van der Waals surface area contributed by atoms with E-state index in [1.165, 1.54) is 11.9 Å². The Labute approximate surface area is 318 Å². The maximum atomic E-state index is 13.6. The van der Waals surface area contributed by atoms with Crippen LogP contribution in [0, 0.1) is 56.7 Å². The molecule has 6 rings (SSSR count). The van der Waals surface area contributed by atoms with E-state index >= 15 is 0 Å². The van der Waals surface area contributed by atoms with E-state index in [9.17, 15) is 14.7 Å². The first-order valence-corrected chi connectivity index (χ1v) is 20.3. The molecule has 11 heteroatoms. The summed E-state index contributed by atoms with van der Waals surface area (Å²) in [5, 5.41) is 18.5. The maximum absolute atomic E-state index is 13.6. The average molecular weight is 740 g/mol. The van der Waals surface area contributed by atoms with Gasteiger partial charge < -0.3 is 29.5 Å². The zero-order valence-electron chi connectivity index (χ0n) is 34.9. The van der Waals surface area contributed by atoms with Crippen LogP contribution in [0.2, 0.25) is 0 Å². The highest BCUT2D eigenvalue weighted by Gasteiger charge is 2.72. The lowest BCUT2D eigenvalue weighted by atomic mass is 9.35. The number of nitrogens with zero attached hydrogens (tertiary/aromatic N) is 4. The maximum Gasteiger partial charge on any atom is 0.506 e. The Hall–Kier alpha value is -2.50. The van der Waals surface area contributed by atoms with Crippen molar-refractivity contribution in [1.82, 2.24) is 25.0 Å². The van der Waals surface area contributed by atoms with Gasteiger partial charge in [-0.15, -0.1) is 0 Å². The highest BCUT2D eigenvalue weighted by Crippen LogP contribution is 2.74. The molecule has 2 heterocycles. The predicted octanol–water partition coefficient (Wildman–Crippen LogP) is 7.49. The fourth-order valence-electron chi connectivity index (χ4n) is 12.5. The van der Waals surface area contributed by atoms with Gasteiger partial charge in [-0.1, -0.05) is 74.0 Å². The lowest BCUT2D eigenvalue weighted by Gasteiger charge is -2.71. The number of fused-ring (bicyclic) bond motifs is 3. The highest BCUT2D eigenvalue weighted by molar-refractivity contribution is 5.90. The summed E-state index contributed by atoms with van der Waals surface area (Å²) in [5.41, 5.74) is -0.310. The van der Waals surface area contributed by atoms with Crippen LogP contribution in [-0.2, 0) is 14.2 Å². The van der Waals surface area contributed by atoms with Gasteiger partial charge in [-0.05, 0) is 87.5 Å². The Morgan fingerprint density at radius 1 is 1.09 bits per heavy atom. The topological polar surface area (TPSA) is 128 Å². The summed E-state index contributed by atoms with van der Waals surface area (Å²) in [5.74, 6) is 1.71. The summed E-state index contributed by atoms with van der Waals surface area (Å²) >= 11 is 0. The van der Waals surface area contributed by atoms with Crippen LogP contribution in [0.15, 0.2) is 18.0 Å². The monoisotopic (exact) mass is 740 g/mol. The molecule has 4 aliphatic carbocycles. The average Bonchev–Trinajstić information content (AvgIpc) is 3.58. The van der Waals surface area contributed by atoms with E-state index in [0.717, 1.165) is 38.5 Å². The van der Waals surface area contributed by atoms with E-state index in [1.807, 2.05) is 11.7 Å². The normalized spacial score (nSPS) is 41.0. The third-order valence-electron chi connectivity index (χ3n) is 16.8. The van der Waals surface area contributed by atoms with Crippen molar-refractivity contribution >= 4 is 12.1 Å². The van der Waals surface area contributed by atoms with Crippen LogP contribution >= 0.6 is 0 Å². The van der Waals surface area contributed by atoms with Gasteiger partial charge in [0.25, 0.3) is 5.91 Å². The molecule has 2 bridgehead atoms. The van der Waals surface area contributed by atoms with Crippen molar-refractivity contribution in [2.24, 2.45) is 56.7 Å². The number of allylic oxidation sites excluding steroid dienone is 1. The Kier molecular flexibility index (Phi) is 10.3. The summed E-state index contributed by atoms with van der Waals surface area (Å²) in [6.45, 7) is 24.5. The zero-order chi connectivity index (χ0) is 39.1. The third-order valence-corrected chi connectivity index (χ3v) is 16.8. The van der Waals surface area contributed by atoms with Gasteiger partial charge in [-0.2, -0.15) is 5.10 Å². The van der Waals surface area contributed by atoms with Crippen molar-refractivity contribution in [1.29, 1.82) is 0 Å². The molecule has 0 unspecified atom stereocenters. The zero-order valence-corrected chi connectivity index (χ0v) is 34.9. The molecule has 0 aromatic carbocycles. The number of aromatic nitrogens is 3. The van der Waals surface area contributed by atoms with Crippen molar-refractivity contribution in [2.45, 2.75) is 132 Å². The number of ether oxygens (including phenoxy) is 3. The third kappa shape index (κ3) is 5.82. The van der Waals surface area contributed by atoms with Gasteiger partial charge in [0.2, 0.25) is 5.82 Å². The minimum absolute atomic E-state index is 0.179. The molecule has 1 saturated heterocycles. The molecule has 1 amide bonds. The molecule has 1 aromatic heterocycles. The first-order chi connectivity index (χ1) is 24.7. The molecule has 1 aliphatic heterocycles. The van der Waals surface area contributed by atoms with E-state index in [-0.39, 0.29) is 56.6 Å². The minimum atomic E-state index is -1.18. The summed E-state index contributed by atoms with van der Waals surface area (Å²) in [6, 6.07) is -0.250. The Balaban J connectivity index is 1.48. The Morgan fingerprint density at radius 2 is 1.79 bits per heavy atom. The fraction of sp³-hybridized carbons (Fsp3) is 0.857. The van der Waals surface area contributed by atoms with Crippen LogP contribution in [0.4, 0.5) is 4.79 Å². The Bertz CT molecular complexity index is 1590. The number of carbonyl (C=O) groups is 2. The molecule has 0 spiro atoms. The van der Waals surface area contributed by atoms with Gasteiger partial charge in [-0.25, -0.2) is 14.5 Å². The van der Waals surface area contributed by atoms with Crippen molar-refractivity contribution in [3.8, 4) is 0 Å². The van der Waals surface area contributed by atoms with E-state index < -0.39 is 12.3 Å². The van der Waals surface area contributed by atoms with Crippen molar-refractivity contribution in [3.63, 3.8) is 0 Å². The second-order valence-electron chi connectivity index (χ2n) is 19.9. The van der Waals surface area contributed by atoms with Gasteiger partial charge in [0.15, 0.2) is 0 Å². The van der Waals surface area contributed by atoms with Crippen molar-refractivity contribution in [3.05, 3.63) is 23.8 Å². The molecule has 4 fully saturated rings. The molecular formula is C42H69N5O6. The molecule has 11 nitrogen and oxygen atoms in total. The smallest absolute Gasteiger partial charge is 0.450 e. The number of carboxylic acid groups (broad SMARTS) is 1. The van der Waals surface area contributed by atoms with Crippen LogP contribution in [0.25, 0.3) is 0 Å². The lowest BCUT2D eigenvalue weighted by molar-refractivity contribution is -0.257. The van der Waals surface area contributed by atoms with Gasteiger partial charge in [0, 0.05) is 41.3 Å². The minimum Gasteiger partial charge on any atom is -0.450 e. The van der Waals surface area contributed by atoms with E-state index in [1.54, 1.807) is 19.0 Å². The second kappa shape index (κ2) is 13.6. The predicted molar refractivity (Wildman–Crippen MR) is 204 cm³/mol. The number of hydrogen-bond acceptors (Lipinski definition) is 8. The molecule has 3 saturated carbocycles. The molecular weight excluding hydrogens is 670 g/mol. The number of carbonyl (C=O) groups excluding carboxylic acids is 1. The molecule has 53 heavy (non-hydrogen) atoms. The van der Waals surface area contributed by atoms with Gasteiger partial charge in [-0.3, -0.25) is 4.79 Å². The summed E-state index contributed by atoms with van der Waals surface area (Å²) < 4.78 is 21.9.